The van der Waals surface area contributed by atoms with Gasteiger partial charge in [-0.1, -0.05) is 32.0 Å². The van der Waals surface area contributed by atoms with Gasteiger partial charge in [-0.2, -0.15) is 0 Å². The third-order valence-corrected chi connectivity index (χ3v) is 2.68. The molecule has 2 heteroatoms. The monoisotopic (exact) mass is 221 g/mol. The molecule has 0 fully saturated rings. The van der Waals surface area contributed by atoms with Crippen LogP contribution in [0.4, 0.5) is 0 Å². The highest BCUT2D eigenvalue weighted by Gasteiger charge is 2.09. The summed E-state index contributed by atoms with van der Waals surface area (Å²) in [5.74, 6) is 1.51. The fourth-order valence-electron chi connectivity index (χ4n) is 1.75. The summed E-state index contributed by atoms with van der Waals surface area (Å²) < 4.78 is 5.95. The van der Waals surface area contributed by atoms with Crippen LogP contribution in [0.5, 0.6) is 5.75 Å². The molecule has 0 saturated carbocycles. The molecular formula is C14H23NO. The molecule has 1 aromatic rings. The molecule has 0 aliphatic rings. The van der Waals surface area contributed by atoms with Gasteiger partial charge in [0.1, 0.15) is 5.75 Å². The number of para-hydroxylation sites is 1. The van der Waals surface area contributed by atoms with E-state index in [-0.39, 0.29) is 6.10 Å². The summed E-state index contributed by atoms with van der Waals surface area (Å²) in [5, 5.41) is 0. The van der Waals surface area contributed by atoms with Crippen LogP contribution in [0.2, 0.25) is 0 Å². The van der Waals surface area contributed by atoms with Gasteiger partial charge in [-0.3, -0.25) is 0 Å². The fraction of sp³-hybridized carbons (Fsp3) is 0.571. The first-order chi connectivity index (χ1) is 7.65. The van der Waals surface area contributed by atoms with Crippen LogP contribution in [0.15, 0.2) is 24.3 Å². The number of benzene rings is 1. The summed E-state index contributed by atoms with van der Waals surface area (Å²) in [6.07, 6.45) is 2.27. The van der Waals surface area contributed by atoms with Crippen LogP contribution in [0.1, 0.15) is 45.1 Å². The first-order valence-electron chi connectivity index (χ1n) is 6.10. The van der Waals surface area contributed by atoms with Gasteiger partial charge in [-0.15, -0.1) is 0 Å². The molecule has 2 N–H and O–H groups in total. The van der Waals surface area contributed by atoms with E-state index >= 15 is 0 Å². The van der Waals surface area contributed by atoms with Gasteiger partial charge in [0.15, 0.2) is 0 Å². The molecular weight excluding hydrogens is 198 g/mol. The van der Waals surface area contributed by atoms with Crippen molar-refractivity contribution in [1.29, 1.82) is 0 Å². The Morgan fingerprint density at radius 1 is 1.19 bits per heavy atom. The van der Waals surface area contributed by atoms with Crippen LogP contribution in [-0.4, -0.2) is 12.6 Å². The van der Waals surface area contributed by atoms with Gasteiger partial charge in [0.25, 0.3) is 0 Å². The van der Waals surface area contributed by atoms with Crippen LogP contribution >= 0.6 is 0 Å². The minimum Gasteiger partial charge on any atom is -0.490 e. The largest absolute Gasteiger partial charge is 0.490 e. The molecule has 0 bridgehead atoms. The smallest absolute Gasteiger partial charge is 0.123 e. The molecule has 1 aromatic carbocycles. The average Bonchev–Trinajstić information content (AvgIpc) is 2.27. The van der Waals surface area contributed by atoms with E-state index in [1.165, 1.54) is 5.56 Å². The molecule has 0 aliphatic heterocycles. The van der Waals surface area contributed by atoms with Gasteiger partial charge in [0, 0.05) is 0 Å². The second-order valence-electron chi connectivity index (χ2n) is 4.55. The van der Waals surface area contributed by atoms with Crippen molar-refractivity contribution in [3.63, 3.8) is 0 Å². The second-order valence-corrected chi connectivity index (χ2v) is 4.55. The predicted molar refractivity (Wildman–Crippen MR) is 68.9 cm³/mol. The van der Waals surface area contributed by atoms with E-state index in [1.807, 2.05) is 12.1 Å². The molecule has 1 unspecified atom stereocenters. The van der Waals surface area contributed by atoms with Crippen LogP contribution in [0.25, 0.3) is 0 Å². The van der Waals surface area contributed by atoms with Gasteiger partial charge < -0.3 is 10.5 Å². The molecule has 2 nitrogen and oxygen atoms in total. The molecule has 0 aromatic heterocycles. The van der Waals surface area contributed by atoms with Crippen molar-refractivity contribution in [1.82, 2.24) is 0 Å². The van der Waals surface area contributed by atoms with Crippen molar-refractivity contribution >= 4 is 0 Å². The van der Waals surface area contributed by atoms with Crippen molar-refractivity contribution in [2.45, 2.75) is 45.6 Å². The highest BCUT2D eigenvalue weighted by atomic mass is 16.5. The summed E-state index contributed by atoms with van der Waals surface area (Å²) >= 11 is 0. The molecule has 1 rings (SSSR count). The zero-order valence-electron chi connectivity index (χ0n) is 10.6. The third kappa shape index (κ3) is 3.86. The maximum Gasteiger partial charge on any atom is 0.123 e. The summed E-state index contributed by atoms with van der Waals surface area (Å²) in [4.78, 5) is 0. The van der Waals surface area contributed by atoms with Crippen LogP contribution < -0.4 is 10.5 Å². The Bertz CT molecular complexity index is 309. The standard InChI is InChI=1S/C14H23NO/c1-11(2)13-8-4-5-9-14(13)16-12(3)7-6-10-15/h4-5,8-9,11-12H,6-7,10,15H2,1-3H3. The Labute approximate surface area is 98.8 Å². The van der Waals surface area contributed by atoms with E-state index in [0.717, 1.165) is 25.1 Å². The molecule has 1 atom stereocenters. The van der Waals surface area contributed by atoms with E-state index in [2.05, 4.69) is 32.9 Å². The van der Waals surface area contributed by atoms with Crippen molar-refractivity contribution in [2.24, 2.45) is 5.73 Å². The van der Waals surface area contributed by atoms with E-state index in [4.69, 9.17) is 10.5 Å². The number of ether oxygens (including phenoxy) is 1. The molecule has 0 radical (unpaired) electrons. The lowest BCUT2D eigenvalue weighted by molar-refractivity contribution is 0.206. The number of nitrogens with two attached hydrogens (primary N) is 1. The van der Waals surface area contributed by atoms with E-state index < -0.39 is 0 Å². The maximum atomic E-state index is 5.95. The first-order valence-corrected chi connectivity index (χ1v) is 6.10. The van der Waals surface area contributed by atoms with Crippen molar-refractivity contribution in [2.75, 3.05) is 6.54 Å². The van der Waals surface area contributed by atoms with Crippen molar-refractivity contribution in [3.05, 3.63) is 29.8 Å². The van der Waals surface area contributed by atoms with Crippen molar-refractivity contribution in [3.8, 4) is 5.75 Å². The van der Waals surface area contributed by atoms with Gasteiger partial charge in [-0.05, 0) is 43.9 Å². The van der Waals surface area contributed by atoms with Gasteiger partial charge in [0.2, 0.25) is 0 Å². The molecule has 90 valence electrons. The van der Waals surface area contributed by atoms with Gasteiger partial charge in [0.05, 0.1) is 6.10 Å². The Hall–Kier alpha value is -1.02. The maximum absolute atomic E-state index is 5.95. The van der Waals surface area contributed by atoms with Gasteiger partial charge in [-0.25, -0.2) is 0 Å². The van der Waals surface area contributed by atoms with Crippen LogP contribution in [0, 0.1) is 0 Å². The molecule has 0 saturated heterocycles. The normalized spacial score (nSPS) is 12.8. The van der Waals surface area contributed by atoms with Gasteiger partial charge >= 0.3 is 0 Å². The van der Waals surface area contributed by atoms with Crippen LogP contribution in [0.3, 0.4) is 0 Å². The summed E-state index contributed by atoms with van der Waals surface area (Å²) in [7, 11) is 0. The Morgan fingerprint density at radius 2 is 1.88 bits per heavy atom. The topological polar surface area (TPSA) is 35.2 Å². The molecule has 0 spiro atoms. The predicted octanol–water partition coefficient (Wildman–Crippen LogP) is 3.32. The minimum atomic E-state index is 0.239. The minimum absolute atomic E-state index is 0.239. The Morgan fingerprint density at radius 3 is 2.50 bits per heavy atom. The number of hydrogen-bond acceptors (Lipinski definition) is 2. The summed E-state index contributed by atoms with van der Waals surface area (Å²) in [6.45, 7) is 7.21. The molecule has 0 aliphatic carbocycles. The second kappa shape index (κ2) is 6.54. The Balaban J connectivity index is 2.65. The third-order valence-electron chi connectivity index (χ3n) is 2.68. The zero-order chi connectivity index (χ0) is 12.0. The Kier molecular flexibility index (Phi) is 5.33. The van der Waals surface area contributed by atoms with E-state index in [9.17, 15) is 0 Å². The molecule has 16 heavy (non-hydrogen) atoms. The SMILES string of the molecule is CC(CCCN)Oc1ccccc1C(C)C. The van der Waals surface area contributed by atoms with Crippen LogP contribution in [-0.2, 0) is 0 Å². The molecule has 0 heterocycles. The zero-order valence-corrected chi connectivity index (χ0v) is 10.6. The first kappa shape index (κ1) is 13.0. The fourth-order valence-corrected chi connectivity index (χ4v) is 1.75. The highest BCUT2D eigenvalue weighted by Crippen LogP contribution is 2.27. The summed E-state index contributed by atoms with van der Waals surface area (Å²) in [5.41, 5.74) is 6.77. The lowest BCUT2D eigenvalue weighted by Gasteiger charge is -2.18. The lowest BCUT2D eigenvalue weighted by Crippen LogP contribution is -2.15. The highest BCUT2D eigenvalue weighted by molar-refractivity contribution is 5.35. The lowest BCUT2D eigenvalue weighted by atomic mass is 10.0. The number of rotatable bonds is 6. The quantitative estimate of drug-likeness (QED) is 0.799. The average molecular weight is 221 g/mol. The van der Waals surface area contributed by atoms with Crippen molar-refractivity contribution < 1.29 is 4.74 Å². The van der Waals surface area contributed by atoms with E-state index in [1.54, 1.807) is 0 Å². The molecule has 0 amide bonds. The van der Waals surface area contributed by atoms with E-state index in [0.29, 0.717) is 5.92 Å². The summed E-state index contributed by atoms with van der Waals surface area (Å²) in [6, 6.07) is 8.27. The number of hydrogen-bond donors (Lipinski definition) is 1.